The van der Waals surface area contributed by atoms with E-state index in [2.05, 4.69) is 20.9 Å². The van der Waals surface area contributed by atoms with E-state index >= 15 is 0 Å². The maximum Gasteiger partial charge on any atom is 0.363 e. The van der Waals surface area contributed by atoms with Crippen molar-refractivity contribution >= 4 is 45.5 Å². The lowest BCUT2D eigenvalue weighted by Crippen LogP contribution is -2.10. The van der Waals surface area contributed by atoms with Gasteiger partial charge < -0.3 is 14.2 Å². The van der Waals surface area contributed by atoms with Gasteiger partial charge in [-0.25, -0.2) is 14.6 Å². The number of benzene rings is 3. The quantitative estimate of drug-likeness (QED) is 0.123. The second kappa shape index (κ2) is 10.5. The summed E-state index contributed by atoms with van der Waals surface area (Å²) < 4.78 is 17.0. The predicted molar refractivity (Wildman–Crippen MR) is 135 cm³/mol. The van der Waals surface area contributed by atoms with Crippen molar-refractivity contribution in [3.05, 3.63) is 103 Å². The van der Waals surface area contributed by atoms with Crippen LogP contribution in [0.4, 0.5) is 5.69 Å². The number of carbonyl (C=O) groups excluding carboxylic acids is 2. The zero-order valence-corrected chi connectivity index (χ0v) is 20.8. The van der Waals surface area contributed by atoms with Gasteiger partial charge in [-0.1, -0.05) is 18.2 Å². The molecule has 3 aromatic rings. The second-order valence-electron chi connectivity index (χ2n) is 7.61. The highest BCUT2D eigenvalue weighted by Crippen LogP contribution is 2.38. The molecule has 0 N–H and O–H groups in total. The van der Waals surface area contributed by atoms with Crippen molar-refractivity contribution in [1.82, 2.24) is 0 Å². The number of aliphatic imine (C=N–C) groups is 1. The molecule has 0 aromatic heterocycles. The van der Waals surface area contributed by atoms with Crippen LogP contribution in [0.3, 0.4) is 0 Å². The van der Waals surface area contributed by atoms with Gasteiger partial charge in [0, 0.05) is 17.2 Å². The molecule has 1 aliphatic rings. The number of hydrogen-bond donors (Lipinski definition) is 0. The third-order valence-corrected chi connectivity index (χ3v) is 5.69. The Labute approximate surface area is 214 Å². The van der Waals surface area contributed by atoms with Crippen LogP contribution >= 0.6 is 15.9 Å². The van der Waals surface area contributed by atoms with Gasteiger partial charge in [0.25, 0.3) is 5.69 Å². The zero-order chi connectivity index (χ0) is 25.8. The fourth-order valence-corrected chi connectivity index (χ4v) is 3.98. The second-order valence-corrected chi connectivity index (χ2v) is 8.47. The molecule has 0 amide bonds. The Bertz CT molecular complexity index is 1430. The van der Waals surface area contributed by atoms with Crippen LogP contribution < -0.4 is 9.47 Å². The molecule has 3 aromatic carbocycles. The van der Waals surface area contributed by atoms with E-state index in [1.165, 1.54) is 24.3 Å². The molecule has 0 aliphatic carbocycles. The van der Waals surface area contributed by atoms with Crippen molar-refractivity contribution in [2.75, 3.05) is 6.61 Å². The number of cyclic esters (lactones) is 1. The third kappa shape index (κ3) is 5.33. The molecular weight excluding hydrogens is 532 g/mol. The van der Waals surface area contributed by atoms with Crippen molar-refractivity contribution in [2.24, 2.45) is 4.99 Å². The number of halogens is 1. The highest BCUT2D eigenvalue weighted by atomic mass is 79.9. The van der Waals surface area contributed by atoms with Crippen molar-refractivity contribution in [3.63, 3.8) is 0 Å². The molecule has 0 spiro atoms. The summed E-state index contributed by atoms with van der Waals surface area (Å²) in [5.74, 6) is -0.677. The molecule has 10 heteroatoms. The van der Waals surface area contributed by atoms with E-state index in [4.69, 9.17) is 14.2 Å². The Hall–Kier alpha value is -4.31. The first-order chi connectivity index (χ1) is 17.3. The number of nitro benzene ring substituents is 1. The molecule has 0 saturated heterocycles. The molecule has 0 unspecified atom stereocenters. The number of nitrogens with zero attached hydrogens (tertiary/aromatic N) is 2. The summed E-state index contributed by atoms with van der Waals surface area (Å²) in [5, 5.41) is 11.1. The number of ether oxygens (including phenoxy) is 3. The number of aryl methyl sites for hydroxylation is 1. The third-order valence-electron chi connectivity index (χ3n) is 5.10. The Morgan fingerprint density at radius 2 is 1.92 bits per heavy atom. The molecule has 0 bridgehead atoms. The molecule has 0 atom stereocenters. The topological polar surface area (TPSA) is 117 Å². The van der Waals surface area contributed by atoms with Gasteiger partial charge in [0.05, 0.1) is 21.6 Å². The number of esters is 2. The lowest BCUT2D eigenvalue weighted by atomic mass is 10.1. The van der Waals surface area contributed by atoms with Crippen LogP contribution in [-0.2, 0) is 9.53 Å². The standard InChI is InChI=1S/C26H19BrN2O7/c1-3-34-22-14-16(12-19(27)23(22)35-25(30)17-7-5-4-6-8-17)13-20-26(31)36-24(28-20)18-9-10-21(29(32)33)15(2)11-18/h4-14H,3H2,1-2H3/b20-13-. The molecule has 4 rings (SSSR count). The number of hydrogen-bond acceptors (Lipinski definition) is 8. The van der Waals surface area contributed by atoms with E-state index in [0.717, 1.165) is 0 Å². The fraction of sp³-hybridized carbons (Fsp3) is 0.115. The molecule has 1 heterocycles. The molecular formula is C26H19BrN2O7. The Balaban J connectivity index is 1.64. The summed E-state index contributed by atoms with van der Waals surface area (Å²) in [6.07, 6.45) is 1.50. The van der Waals surface area contributed by atoms with Gasteiger partial charge in [-0.3, -0.25) is 10.1 Å². The predicted octanol–water partition coefficient (Wildman–Crippen LogP) is 5.63. The lowest BCUT2D eigenvalue weighted by Gasteiger charge is -2.13. The minimum atomic E-state index is -0.672. The molecule has 0 radical (unpaired) electrons. The monoisotopic (exact) mass is 550 g/mol. The van der Waals surface area contributed by atoms with E-state index in [1.807, 2.05) is 0 Å². The smallest absolute Gasteiger partial charge is 0.363 e. The van der Waals surface area contributed by atoms with Gasteiger partial charge in [0.1, 0.15) is 0 Å². The van der Waals surface area contributed by atoms with Gasteiger partial charge in [0.15, 0.2) is 17.2 Å². The molecule has 0 fully saturated rings. The molecule has 1 aliphatic heterocycles. The average molecular weight is 551 g/mol. The largest absolute Gasteiger partial charge is 0.490 e. The summed E-state index contributed by atoms with van der Waals surface area (Å²) in [6, 6.07) is 16.2. The van der Waals surface area contributed by atoms with Gasteiger partial charge >= 0.3 is 11.9 Å². The molecule has 182 valence electrons. The van der Waals surface area contributed by atoms with Gasteiger partial charge in [-0.2, -0.15) is 0 Å². The SMILES string of the molecule is CCOc1cc(/C=C2\N=C(c3ccc([N+](=O)[O-])c(C)c3)OC2=O)cc(Br)c1OC(=O)c1ccccc1. The van der Waals surface area contributed by atoms with Crippen LogP contribution in [0.15, 0.2) is 75.8 Å². The highest BCUT2D eigenvalue weighted by Gasteiger charge is 2.26. The Morgan fingerprint density at radius 3 is 2.58 bits per heavy atom. The maximum absolute atomic E-state index is 12.6. The van der Waals surface area contributed by atoms with Gasteiger partial charge in [-0.15, -0.1) is 0 Å². The average Bonchev–Trinajstić information content (AvgIpc) is 3.21. The molecule has 9 nitrogen and oxygen atoms in total. The van der Waals surface area contributed by atoms with Crippen LogP contribution in [0.1, 0.15) is 34.0 Å². The highest BCUT2D eigenvalue weighted by molar-refractivity contribution is 9.10. The summed E-state index contributed by atoms with van der Waals surface area (Å²) in [7, 11) is 0. The van der Waals surface area contributed by atoms with Crippen molar-refractivity contribution in [2.45, 2.75) is 13.8 Å². The maximum atomic E-state index is 12.6. The van der Waals surface area contributed by atoms with E-state index < -0.39 is 16.9 Å². The van der Waals surface area contributed by atoms with E-state index in [1.54, 1.807) is 56.3 Å². The first-order valence-electron chi connectivity index (χ1n) is 10.8. The van der Waals surface area contributed by atoms with Crippen LogP contribution in [0, 0.1) is 17.0 Å². The Kier molecular flexibility index (Phi) is 7.25. The van der Waals surface area contributed by atoms with Crippen molar-refractivity contribution in [3.8, 4) is 11.5 Å². The zero-order valence-electron chi connectivity index (χ0n) is 19.2. The normalized spacial score (nSPS) is 13.8. The van der Waals surface area contributed by atoms with E-state index in [0.29, 0.717) is 39.1 Å². The van der Waals surface area contributed by atoms with Gasteiger partial charge in [-0.05, 0) is 77.8 Å². The first kappa shape index (κ1) is 24.8. The number of nitro groups is 1. The lowest BCUT2D eigenvalue weighted by molar-refractivity contribution is -0.385. The first-order valence-corrected chi connectivity index (χ1v) is 11.6. The summed E-state index contributed by atoms with van der Waals surface area (Å²) in [4.78, 5) is 39.9. The van der Waals surface area contributed by atoms with E-state index in [-0.39, 0.29) is 23.0 Å². The molecule has 36 heavy (non-hydrogen) atoms. The van der Waals surface area contributed by atoms with Gasteiger partial charge in [0.2, 0.25) is 5.90 Å². The summed E-state index contributed by atoms with van der Waals surface area (Å²) in [6.45, 7) is 3.69. The fourth-order valence-electron chi connectivity index (χ4n) is 3.44. The van der Waals surface area contributed by atoms with Crippen LogP contribution in [-0.4, -0.2) is 29.4 Å². The number of carbonyl (C=O) groups is 2. The van der Waals surface area contributed by atoms with Crippen LogP contribution in [0.25, 0.3) is 6.08 Å². The van der Waals surface area contributed by atoms with Crippen molar-refractivity contribution in [1.29, 1.82) is 0 Å². The van der Waals surface area contributed by atoms with Crippen LogP contribution in [0.5, 0.6) is 11.5 Å². The van der Waals surface area contributed by atoms with Crippen molar-refractivity contribution < 1.29 is 28.7 Å². The summed E-state index contributed by atoms with van der Waals surface area (Å²) in [5.41, 5.74) is 1.77. The Morgan fingerprint density at radius 1 is 1.17 bits per heavy atom. The number of rotatable bonds is 7. The van der Waals surface area contributed by atoms with E-state index in [9.17, 15) is 19.7 Å². The molecule has 0 saturated carbocycles. The minimum Gasteiger partial charge on any atom is -0.490 e. The summed E-state index contributed by atoms with van der Waals surface area (Å²) >= 11 is 3.42. The minimum absolute atomic E-state index is 0.0318. The van der Waals surface area contributed by atoms with Crippen LogP contribution in [0.2, 0.25) is 0 Å².